The number of nitro groups is 1. The molecule has 1 fully saturated rings. The first-order valence-corrected chi connectivity index (χ1v) is 11.8. The fraction of sp³-hybridized carbons (Fsp3) is 0.391. The van der Waals surface area contributed by atoms with Crippen molar-refractivity contribution in [2.75, 3.05) is 45.2 Å². The van der Waals surface area contributed by atoms with Crippen molar-refractivity contribution in [3.8, 4) is 6.07 Å². The van der Waals surface area contributed by atoms with Gasteiger partial charge in [0.1, 0.15) is 18.2 Å². The Labute approximate surface area is 216 Å². The Morgan fingerprint density at radius 2 is 2.06 bits per heavy atom. The van der Waals surface area contributed by atoms with E-state index in [0.717, 1.165) is 31.9 Å². The number of benzene rings is 1. The van der Waals surface area contributed by atoms with Crippen LogP contribution in [-0.4, -0.2) is 66.8 Å². The summed E-state index contributed by atoms with van der Waals surface area (Å²) in [6.07, 6.45) is 1.35. The summed E-state index contributed by atoms with van der Waals surface area (Å²) >= 11 is 3.38. The lowest BCUT2D eigenvalue weighted by atomic mass is 10.1. The van der Waals surface area contributed by atoms with Crippen molar-refractivity contribution in [2.24, 2.45) is 5.10 Å². The minimum Gasteiger partial charge on any atom is -0.380 e. The molecule has 190 valence electrons. The molecule has 1 aliphatic rings. The number of carbonyl (C=O) groups excluding carboxylic acids is 1. The van der Waals surface area contributed by atoms with Crippen molar-refractivity contribution in [2.45, 2.75) is 20.1 Å². The predicted octanol–water partition coefficient (Wildman–Crippen LogP) is 1.75. The summed E-state index contributed by atoms with van der Waals surface area (Å²) < 4.78 is 6.76. The van der Waals surface area contributed by atoms with Crippen LogP contribution in [0.5, 0.6) is 0 Å². The first kappa shape index (κ1) is 27.0. The topological polar surface area (TPSA) is 146 Å². The van der Waals surface area contributed by atoms with Crippen molar-refractivity contribution in [3.05, 3.63) is 65.5 Å². The van der Waals surface area contributed by atoms with Gasteiger partial charge in [-0.2, -0.15) is 10.4 Å². The van der Waals surface area contributed by atoms with E-state index in [4.69, 9.17) is 4.74 Å². The number of piperazine rings is 1. The Balaban J connectivity index is 1.82. The SMILES string of the molecule is COCc1c(Br)c(C)n(CC(=O)N/N=C/c2cc([N+](=O)[O-])ccc2N2CCN(C)CC2)c(=O)c1C#N. The van der Waals surface area contributed by atoms with Crippen LogP contribution in [0, 0.1) is 28.4 Å². The first-order chi connectivity index (χ1) is 17.2. The molecule has 1 aromatic heterocycles. The predicted molar refractivity (Wildman–Crippen MR) is 137 cm³/mol. The first-order valence-electron chi connectivity index (χ1n) is 11.0. The number of hydrazone groups is 1. The average molecular weight is 560 g/mol. The monoisotopic (exact) mass is 559 g/mol. The van der Waals surface area contributed by atoms with Crippen LogP contribution >= 0.6 is 15.9 Å². The summed E-state index contributed by atoms with van der Waals surface area (Å²) in [5, 5.41) is 24.7. The lowest BCUT2D eigenvalue weighted by Gasteiger charge is -2.34. The number of amides is 1. The van der Waals surface area contributed by atoms with E-state index in [1.54, 1.807) is 13.0 Å². The molecule has 0 bridgehead atoms. The van der Waals surface area contributed by atoms with Gasteiger partial charge in [0.25, 0.3) is 17.2 Å². The zero-order valence-electron chi connectivity index (χ0n) is 20.2. The Morgan fingerprint density at radius 3 is 2.67 bits per heavy atom. The lowest BCUT2D eigenvalue weighted by Crippen LogP contribution is -2.44. The molecule has 0 radical (unpaired) electrons. The molecule has 3 rings (SSSR count). The molecule has 1 amide bonds. The number of anilines is 1. The Kier molecular flexibility index (Phi) is 8.92. The van der Waals surface area contributed by atoms with Gasteiger partial charge in [-0.15, -0.1) is 0 Å². The van der Waals surface area contributed by atoms with Crippen LogP contribution in [0.15, 0.2) is 32.6 Å². The van der Waals surface area contributed by atoms with Gasteiger partial charge in [0.2, 0.25) is 0 Å². The number of nitriles is 1. The highest BCUT2D eigenvalue weighted by atomic mass is 79.9. The molecule has 0 aliphatic carbocycles. The normalized spacial score (nSPS) is 14.1. The second kappa shape index (κ2) is 11.9. The second-order valence-electron chi connectivity index (χ2n) is 8.27. The number of carbonyl (C=O) groups is 1. The number of hydrogen-bond acceptors (Lipinski definition) is 9. The largest absolute Gasteiger partial charge is 0.380 e. The Morgan fingerprint density at radius 1 is 1.36 bits per heavy atom. The van der Waals surface area contributed by atoms with Gasteiger partial charge >= 0.3 is 0 Å². The van der Waals surface area contributed by atoms with Crippen LogP contribution in [0.25, 0.3) is 0 Å². The maximum absolute atomic E-state index is 12.8. The van der Waals surface area contributed by atoms with Gasteiger partial charge < -0.3 is 19.1 Å². The van der Waals surface area contributed by atoms with Crippen molar-refractivity contribution in [1.29, 1.82) is 5.26 Å². The Bertz CT molecular complexity index is 1290. The van der Waals surface area contributed by atoms with E-state index in [1.165, 1.54) is 30.0 Å². The number of nitro benzene ring substituents is 1. The van der Waals surface area contributed by atoms with Gasteiger partial charge in [0.15, 0.2) is 0 Å². The number of pyridine rings is 1. The summed E-state index contributed by atoms with van der Waals surface area (Å²) in [5.74, 6) is -0.599. The molecule has 1 aromatic carbocycles. The van der Waals surface area contributed by atoms with E-state index in [-0.39, 0.29) is 24.4 Å². The number of nitrogens with one attached hydrogen (secondary N) is 1. The number of methoxy groups -OCH3 is 1. The zero-order valence-corrected chi connectivity index (χ0v) is 21.7. The third-order valence-electron chi connectivity index (χ3n) is 5.91. The van der Waals surface area contributed by atoms with Gasteiger partial charge in [0.05, 0.1) is 17.7 Å². The fourth-order valence-electron chi connectivity index (χ4n) is 3.90. The molecule has 0 atom stereocenters. The molecule has 1 N–H and O–H groups in total. The maximum Gasteiger partial charge on any atom is 0.270 e. The van der Waals surface area contributed by atoms with Crippen molar-refractivity contribution < 1.29 is 14.5 Å². The van der Waals surface area contributed by atoms with Crippen LogP contribution < -0.4 is 15.9 Å². The highest BCUT2D eigenvalue weighted by Crippen LogP contribution is 2.26. The summed E-state index contributed by atoms with van der Waals surface area (Å²) in [5.41, 5.74) is 3.69. The minimum absolute atomic E-state index is 0.0652. The molecule has 1 aliphatic heterocycles. The van der Waals surface area contributed by atoms with Gasteiger partial charge in [0, 0.05) is 72.4 Å². The van der Waals surface area contributed by atoms with E-state index >= 15 is 0 Å². The van der Waals surface area contributed by atoms with E-state index < -0.39 is 16.4 Å². The van der Waals surface area contributed by atoms with Crippen LogP contribution in [0.1, 0.15) is 22.4 Å². The van der Waals surface area contributed by atoms with E-state index in [9.17, 15) is 25.0 Å². The lowest BCUT2D eigenvalue weighted by molar-refractivity contribution is -0.384. The van der Waals surface area contributed by atoms with Gasteiger partial charge in [-0.05, 0) is 36.0 Å². The third-order valence-corrected chi connectivity index (χ3v) is 6.96. The van der Waals surface area contributed by atoms with Gasteiger partial charge in [-0.25, -0.2) is 5.43 Å². The molecule has 1 saturated heterocycles. The molecule has 2 aromatic rings. The van der Waals surface area contributed by atoms with Crippen LogP contribution in [-0.2, 0) is 22.7 Å². The molecular formula is C23H26BrN7O5. The number of rotatable bonds is 8. The summed E-state index contributed by atoms with van der Waals surface area (Å²) in [6, 6.07) is 6.41. The van der Waals surface area contributed by atoms with Crippen LogP contribution in [0.2, 0.25) is 0 Å². The number of hydrogen-bond donors (Lipinski definition) is 1. The van der Waals surface area contributed by atoms with E-state index in [1.807, 2.05) is 13.1 Å². The Hall–Kier alpha value is -3.60. The highest BCUT2D eigenvalue weighted by Gasteiger charge is 2.21. The van der Waals surface area contributed by atoms with Crippen molar-refractivity contribution in [1.82, 2.24) is 14.9 Å². The zero-order chi connectivity index (χ0) is 26.4. The number of likely N-dealkylation sites (N-methyl/N-ethyl adjacent to an activating group) is 1. The number of halogens is 1. The number of non-ortho nitro benzene ring substituents is 1. The molecule has 0 spiro atoms. The molecule has 12 nitrogen and oxygen atoms in total. The molecule has 0 unspecified atom stereocenters. The average Bonchev–Trinajstić information content (AvgIpc) is 2.86. The molecule has 2 heterocycles. The standard InChI is InChI=1S/C23H26BrN7O5/c1-15-22(24)19(14-36-3)18(11-25)23(33)30(15)13-21(32)27-26-12-16-10-17(31(34)35)4-5-20(16)29-8-6-28(2)7-9-29/h4-5,10,12H,6-9,13-14H2,1-3H3,(H,27,32)/b26-12+. The number of nitrogens with zero attached hydrogens (tertiary/aromatic N) is 6. The maximum atomic E-state index is 12.8. The molecule has 0 saturated carbocycles. The van der Waals surface area contributed by atoms with Crippen molar-refractivity contribution in [3.63, 3.8) is 0 Å². The van der Waals surface area contributed by atoms with Gasteiger partial charge in [-0.3, -0.25) is 19.7 Å². The smallest absolute Gasteiger partial charge is 0.270 e. The second-order valence-corrected chi connectivity index (χ2v) is 9.07. The summed E-state index contributed by atoms with van der Waals surface area (Å²) in [7, 11) is 3.48. The highest BCUT2D eigenvalue weighted by molar-refractivity contribution is 9.10. The fourth-order valence-corrected chi connectivity index (χ4v) is 4.42. The van der Waals surface area contributed by atoms with E-state index in [2.05, 4.69) is 36.3 Å². The number of aromatic nitrogens is 1. The van der Waals surface area contributed by atoms with E-state index in [0.29, 0.717) is 21.3 Å². The molecule has 36 heavy (non-hydrogen) atoms. The summed E-state index contributed by atoms with van der Waals surface area (Å²) in [4.78, 5) is 40.5. The van der Waals surface area contributed by atoms with Crippen LogP contribution in [0.3, 0.4) is 0 Å². The molecular weight excluding hydrogens is 534 g/mol. The van der Waals surface area contributed by atoms with Gasteiger partial charge in [-0.1, -0.05) is 0 Å². The van der Waals surface area contributed by atoms with Crippen molar-refractivity contribution >= 4 is 39.4 Å². The third kappa shape index (κ3) is 5.96. The molecule has 13 heteroatoms. The minimum atomic E-state index is -0.611. The quantitative estimate of drug-likeness (QED) is 0.292. The summed E-state index contributed by atoms with van der Waals surface area (Å²) in [6.45, 7) is 4.54. The van der Waals surface area contributed by atoms with Crippen LogP contribution in [0.4, 0.5) is 11.4 Å². The number of ether oxygens (including phenoxy) is 1.